The maximum Gasteiger partial charge on any atom is 0.244 e. The fourth-order valence-electron chi connectivity index (χ4n) is 2.45. The highest BCUT2D eigenvalue weighted by Crippen LogP contribution is 2.30. The van der Waals surface area contributed by atoms with Gasteiger partial charge < -0.3 is 19.5 Å². The number of nitrogens with one attached hydrogen (secondary N) is 1. The number of benzene rings is 2. The zero-order chi connectivity index (χ0) is 17.6. The summed E-state index contributed by atoms with van der Waals surface area (Å²) >= 11 is 3.41. The smallest absolute Gasteiger partial charge is 0.244 e. The van der Waals surface area contributed by atoms with Crippen molar-refractivity contribution >= 4 is 27.9 Å². The Balaban J connectivity index is 1.60. The lowest BCUT2D eigenvalue weighted by atomic mass is 10.1. The molecule has 1 heterocycles. The van der Waals surface area contributed by atoms with E-state index in [0.717, 1.165) is 21.3 Å². The second-order valence-corrected chi connectivity index (χ2v) is 6.33. The van der Waals surface area contributed by atoms with Crippen molar-refractivity contribution < 1.29 is 19.0 Å². The van der Waals surface area contributed by atoms with Gasteiger partial charge in [0.05, 0.1) is 7.11 Å². The lowest BCUT2D eigenvalue weighted by Crippen LogP contribution is -2.21. The first-order chi connectivity index (χ1) is 12.2. The van der Waals surface area contributed by atoms with Crippen LogP contribution in [0.1, 0.15) is 11.1 Å². The fraction of sp³-hybridized carbons (Fsp3) is 0.211. The topological polar surface area (TPSA) is 56.8 Å². The molecule has 1 aliphatic heterocycles. The summed E-state index contributed by atoms with van der Waals surface area (Å²) in [5, 5.41) is 2.85. The van der Waals surface area contributed by atoms with Crippen molar-refractivity contribution in [2.24, 2.45) is 0 Å². The number of fused-ring (bicyclic) bond motifs is 1. The molecule has 5 nitrogen and oxygen atoms in total. The zero-order valence-corrected chi connectivity index (χ0v) is 15.3. The first-order valence-corrected chi connectivity index (χ1v) is 8.63. The van der Waals surface area contributed by atoms with Gasteiger partial charge in [0.15, 0.2) is 11.5 Å². The van der Waals surface area contributed by atoms with Gasteiger partial charge in [0.1, 0.15) is 19.0 Å². The number of carbonyl (C=O) groups is 1. The van der Waals surface area contributed by atoms with Crippen molar-refractivity contribution in [1.82, 2.24) is 5.32 Å². The van der Waals surface area contributed by atoms with E-state index in [4.69, 9.17) is 14.2 Å². The summed E-state index contributed by atoms with van der Waals surface area (Å²) in [5.74, 6) is 1.98. The Morgan fingerprint density at radius 2 is 2.00 bits per heavy atom. The molecule has 2 aromatic rings. The fourth-order valence-corrected chi connectivity index (χ4v) is 2.83. The van der Waals surface area contributed by atoms with Gasteiger partial charge in [-0.15, -0.1) is 0 Å². The number of rotatable bonds is 5. The van der Waals surface area contributed by atoms with Gasteiger partial charge in [0, 0.05) is 22.7 Å². The highest BCUT2D eigenvalue weighted by molar-refractivity contribution is 9.10. The van der Waals surface area contributed by atoms with E-state index < -0.39 is 0 Å². The highest BCUT2D eigenvalue weighted by atomic mass is 79.9. The molecule has 0 spiro atoms. The van der Waals surface area contributed by atoms with E-state index in [-0.39, 0.29) is 5.91 Å². The van der Waals surface area contributed by atoms with Gasteiger partial charge in [0.25, 0.3) is 0 Å². The van der Waals surface area contributed by atoms with Gasteiger partial charge in [-0.1, -0.05) is 22.0 Å². The largest absolute Gasteiger partial charge is 0.496 e. The van der Waals surface area contributed by atoms with Gasteiger partial charge in [-0.2, -0.15) is 0 Å². The molecule has 6 heteroatoms. The number of halogens is 1. The van der Waals surface area contributed by atoms with Crippen LogP contribution >= 0.6 is 15.9 Å². The SMILES string of the molecule is COc1ccc(Br)cc1/C=C/C(=O)NCc1ccc2c(c1)OCCO2. The minimum Gasteiger partial charge on any atom is -0.496 e. The van der Waals surface area contributed by atoms with E-state index in [2.05, 4.69) is 21.2 Å². The molecule has 0 saturated carbocycles. The van der Waals surface area contributed by atoms with E-state index in [9.17, 15) is 4.79 Å². The van der Waals surface area contributed by atoms with Gasteiger partial charge in [-0.25, -0.2) is 0 Å². The molecule has 0 bridgehead atoms. The van der Waals surface area contributed by atoms with Crippen LogP contribution in [0.5, 0.6) is 17.2 Å². The Morgan fingerprint density at radius 3 is 2.80 bits per heavy atom. The van der Waals surface area contributed by atoms with Crippen molar-refractivity contribution in [2.75, 3.05) is 20.3 Å². The van der Waals surface area contributed by atoms with Crippen LogP contribution in [-0.2, 0) is 11.3 Å². The molecule has 2 aromatic carbocycles. The first-order valence-electron chi connectivity index (χ1n) is 7.83. The van der Waals surface area contributed by atoms with Crippen LogP contribution < -0.4 is 19.5 Å². The Morgan fingerprint density at radius 1 is 1.20 bits per heavy atom. The molecule has 3 rings (SSSR count). The Bertz CT molecular complexity index is 804. The van der Waals surface area contributed by atoms with Crippen LogP contribution in [-0.4, -0.2) is 26.2 Å². The summed E-state index contributed by atoms with van der Waals surface area (Å²) in [6.07, 6.45) is 3.21. The minimum atomic E-state index is -0.183. The van der Waals surface area contributed by atoms with Crippen molar-refractivity contribution in [2.45, 2.75) is 6.54 Å². The molecule has 0 unspecified atom stereocenters. The van der Waals surface area contributed by atoms with E-state index in [1.165, 1.54) is 6.08 Å². The molecule has 130 valence electrons. The van der Waals surface area contributed by atoms with Gasteiger partial charge in [-0.05, 0) is 42.0 Å². The first kappa shape index (κ1) is 17.4. The van der Waals surface area contributed by atoms with Crippen molar-refractivity contribution in [3.8, 4) is 17.2 Å². The molecule has 1 N–H and O–H groups in total. The second kappa shape index (κ2) is 8.07. The molecule has 1 aliphatic rings. The monoisotopic (exact) mass is 403 g/mol. The summed E-state index contributed by atoms with van der Waals surface area (Å²) < 4.78 is 17.2. The summed E-state index contributed by atoms with van der Waals surface area (Å²) in [6.45, 7) is 1.52. The van der Waals surface area contributed by atoms with E-state index in [1.807, 2.05) is 36.4 Å². The number of amides is 1. The average molecular weight is 404 g/mol. The predicted octanol–water partition coefficient (Wildman–Crippen LogP) is 3.56. The molecule has 0 radical (unpaired) electrons. The maximum atomic E-state index is 12.1. The average Bonchev–Trinajstić information content (AvgIpc) is 2.64. The summed E-state index contributed by atoms with van der Waals surface area (Å²) in [4.78, 5) is 12.1. The van der Waals surface area contributed by atoms with Crippen LogP contribution in [0.25, 0.3) is 6.08 Å². The van der Waals surface area contributed by atoms with Crippen LogP contribution in [0.3, 0.4) is 0 Å². The number of hydrogen-bond acceptors (Lipinski definition) is 4. The van der Waals surface area contributed by atoms with Crippen LogP contribution in [0.15, 0.2) is 46.9 Å². The number of hydrogen-bond donors (Lipinski definition) is 1. The van der Waals surface area contributed by atoms with Gasteiger partial charge in [0.2, 0.25) is 5.91 Å². The highest BCUT2D eigenvalue weighted by Gasteiger charge is 2.11. The number of ether oxygens (including phenoxy) is 3. The molecule has 0 atom stereocenters. The second-order valence-electron chi connectivity index (χ2n) is 5.42. The van der Waals surface area contributed by atoms with Crippen molar-refractivity contribution in [3.63, 3.8) is 0 Å². The third kappa shape index (κ3) is 4.54. The maximum absolute atomic E-state index is 12.1. The Labute approximate surface area is 154 Å². The van der Waals surface area contributed by atoms with E-state index in [0.29, 0.717) is 31.3 Å². The molecule has 25 heavy (non-hydrogen) atoms. The van der Waals surface area contributed by atoms with Crippen LogP contribution in [0.2, 0.25) is 0 Å². The van der Waals surface area contributed by atoms with Crippen LogP contribution in [0.4, 0.5) is 0 Å². The molecule has 1 amide bonds. The Kier molecular flexibility index (Phi) is 5.60. The molecular weight excluding hydrogens is 386 g/mol. The summed E-state index contributed by atoms with van der Waals surface area (Å²) in [6, 6.07) is 11.3. The Hall–Kier alpha value is -2.47. The lowest BCUT2D eigenvalue weighted by molar-refractivity contribution is -0.116. The third-order valence-electron chi connectivity index (χ3n) is 3.68. The number of carbonyl (C=O) groups excluding carboxylic acids is 1. The van der Waals surface area contributed by atoms with E-state index >= 15 is 0 Å². The standard InChI is InChI=1S/C19H18BrNO4/c1-23-16-6-4-15(20)11-14(16)3-7-19(22)21-12-13-2-5-17-18(10-13)25-9-8-24-17/h2-7,10-11H,8-9,12H2,1H3,(H,21,22)/b7-3+. The van der Waals surface area contributed by atoms with Crippen molar-refractivity contribution in [3.05, 3.63) is 58.1 Å². The van der Waals surface area contributed by atoms with E-state index in [1.54, 1.807) is 13.2 Å². The molecule has 0 aromatic heterocycles. The molecule has 0 saturated heterocycles. The normalized spacial score (nSPS) is 12.9. The van der Waals surface area contributed by atoms with Crippen molar-refractivity contribution in [1.29, 1.82) is 0 Å². The molecule has 0 fully saturated rings. The number of methoxy groups -OCH3 is 1. The van der Waals surface area contributed by atoms with Gasteiger partial charge >= 0.3 is 0 Å². The quantitative estimate of drug-likeness (QED) is 0.775. The van der Waals surface area contributed by atoms with Gasteiger partial charge in [-0.3, -0.25) is 4.79 Å². The van der Waals surface area contributed by atoms with Crippen LogP contribution in [0, 0.1) is 0 Å². The minimum absolute atomic E-state index is 0.183. The lowest BCUT2D eigenvalue weighted by Gasteiger charge is -2.18. The third-order valence-corrected chi connectivity index (χ3v) is 4.17. The predicted molar refractivity (Wildman–Crippen MR) is 99.0 cm³/mol. The molecule has 0 aliphatic carbocycles. The molecular formula is C19H18BrNO4. The summed E-state index contributed by atoms with van der Waals surface area (Å²) in [5.41, 5.74) is 1.78. The summed E-state index contributed by atoms with van der Waals surface area (Å²) in [7, 11) is 1.60. The zero-order valence-electron chi connectivity index (χ0n) is 13.8.